The normalized spacial score (nSPS) is 15.2. The van der Waals surface area contributed by atoms with Crippen LogP contribution in [0.2, 0.25) is 0 Å². The van der Waals surface area contributed by atoms with Gasteiger partial charge in [-0.3, -0.25) is 0 Å². The van der Waals surface area contributed by atoms with Crippen molar-refractivity contribution in [2.75, 3.05) is 12.8 Å². The topological polar surface area (TPSA) is 59.0 Å². The molecule has 0 unspecified atom stereocenters. The van der Waals surface area contributed by atoms with Gasteiger partial charge in [0.25, 0.3) is 0 Å². The van der Waals surface area contributed by atoms with E-state index in [2.05, 4.69) is 22.0 Å². The molecular weight excluding hydrogens is 308 g/mol. The van der Waals surface area contributed by atoms with Gasteiger partial charge in [-0.2, -0.15) is 16.9 Å². The molecule has 1 heterocycles. The fourth-order valence-corrected chi connectivity index (χ4v) is 3.18. The summed E-state index contributed by atoms with van der Waals surface area (Å²) in [6, 6.07) is 9.85. The van der Waals surface area contributed by atoms with Crippen molar-refractivity contribution in [1.82, 2.24) is 20.4 Å². The van der Waals surface area contributed by atoms with Gasteiger partial charge in [0.2, 0.25) is 0 Å². The van der Waals surface area contributed by atoms with Gasteiger partial charge in [-0.25, -0.2) is 9.48 Å². The lowest BCUT2D eigenvalue weighted by Crippen LogP contribution is -2.39. The Labute approximate surface area is 140 Å². The molecule has 0 radical (unpaired) electrons. The van der Waals surface area contributed by atoms with Crippen LogP contribution in [0.4, 0.5) is 4.79 Å². The average Bonchev–Trinajstić information content (AvgIpc) is 3.28. The van der Waals surface area contributed by atoms with Gasteiger partial charge >= 0.3 is 6.03 Å². The maximum atomic E-state index is 11.9. The van der Waals surface area contributed by atoms with E-state index in [4.69, 9.17) is 0 Å². The average molecular weight is 330 g/mol. The largest absolute Gasteiger partial charge is 0.337 e. The van der Waals surface area contributed by atoms with Gasteiger partial charge in [0.1, 0.15) is 0 Å². The molecule has 1 aliphatic rings. The van der Waals surface area contributed by atoms with Crippen LogP contribution in [-0.4, -0.2) is 33.4 Å². The lowest BCUT2D eigenvalue weighted by Gasteiger charge is -2.13. The van der Waals surface area contributed by atoms with Gasteiger partial charge in [0, 0.05) is 29.6 Å². The highest BCUT2D eigenvalue weighted by molar-refractivity contribution is 8.00. The number of para-hydroxylation sites is 1. The fraction of sp³-hybridized carbons (Fsp3) is 0.412. The van der Waals surface area contributed by atoms with E-state index in [-0.39, 0.29) is 10.8 Å². The second kappa shape index (κ2) is 6.66. The number of carbonyl (C=O) groups is 1. The van der Waals surface area contributed by atoms with Gasteiger partial charge in [-0.15, -0.1) is 0 Å². The summed E-state index contributed by atoms with van der Waals surface area (Å²) in [6.07, 6.45) is 6.46. The minimum Gasteiger partial charge on any atom is -0.337 e. The summed E-state index contributed by atoms with van der Waals surface area (Å²) in [5.74, 6) is 0. The Hall–Kier alpha value is -1.95. The van der Waals surface area contributed by atoms with E-state index < -0.39 is 0 Å². The number of nitrogens with one attached hydrogen (secondary N) is 2. The SMILES string of the molecule is CSC1(CNC(=O)NCc2cn(-c3ccccc3)nc2C)CC1. The number of benzene rings is 1. The molecule has 0 spiro atoms. The van der Waals surface area contributed by atoms with Crippen LogP contribution in [0.1, 0.15) is 24.1 Å². The number of carbonyl (C=O) groups excluding carboxylic acids is 1. The molecule has 122 valence electrons. The molecule has 3 rings (SSSR count). The zero-order valence-electron chi connectivity index (χ0n) is 13.5. The van der Waals surface area contributed by atoms with Crippen LogP contribution in [0.15, 0.2) is 36.5 Å². The van der Waals surface area contributed by atoms with Crippen molar-refractivity contribution < 1.29 is 4.79 Å². The van der Waals surface area contributed by atoms with Crippen molar-refractivity contribution >= 4 is 17.8 Å². The Morgan fingerprint density at radius 1 is 1.30 bits per heavy atom. The highest BCUT2D eigenvalue weighted by Gasteiger charge is 2.41. The summed E-state index contributed by atoms with van der Waals surface area (Å²) < 4.78 is 2.13. The summed E-state index contributed by atoms with van der Waals surface area (Å²) in [7, 11) is 0. The maximum absolute atomic E-state index is 11.9. The van der Waals surface area contributed by atoms with Gasteiger partial charge in [-0.05, 0) is 38.2 Å². The minimum atomic E-state index is -0.114. The molecule has 1 fully saturated rings. The number of rotatable bonds is 6. The van der Waals surface area contributed by atoms with Crippen LogP contribution in [0.5, 0.6) is 0 Å². The Morgan fingerprint density at radius 3 is 2.70 bits per heavy atom. The van der Waals surface area contributed by atoms with Crippen LogP contribution in [0.25, 0.3) is 5.69 Å². The predicted octanol–water partition coefficient (Wildman–Crippen LogP) is 2.88. The van der Waals surface area contributed by atoms with E-state index in [1.807, 2.05) is 59.9 Å². The summed E-state index contributed by atoms with van der Waals surface area (Å²) in [5, 5.41) is 10.4. The van der Waals surface area contributed by atoms with Gasteiger partial charge < -0.3 is 10.6 Å². The Kier molecular flexibility index (Phi) is 4.61. The van der Waals surface area contributed by atoms with Crippen molar-refractivity contribution in [1.29, 1.82) is 0 Å². The molecule has 0 bridgehead atoms. The molecule has 2 amide bonds. The molecule has 1 saturated carbocycles. The van der Waals surface area contributed by atoms with Gasteiger partial charge in [0.15, 0.2) is 0 Å². The molecule has 0 saturated heterocycles. The zero-order valence-corrected chi connectivity index (χ0v) is 14.3. The van der Waals surface area contributed by atoms with Gasteiger partial charge in [-0.1, -0.05) is 18.2 Å². The van der Waals surface area contributed by atoms with Crippen LogP contribution in [0.3, 0.4) is 0 Å². The van der Waals surface area contributed by atoms with E-state index in [9.17, 15) is 4.79 Å². The van der Waals surface area contributed by atoms with Crippen molar-refractivity contribution in [3.8, 4) is 5.69 Å². The third-order valence-corrected chi connectivity index (χ3v) is 5.69. The third kappa shape index (κ3) is 3.88. The molecule has 1 aliphatic carbocycles. The number of hydrogen-bond donors (Lipinski definition) is 2. The van der Waals surface area contributed by atoms with Crippen molar-refractivity contribution in [3.05, 3.63) is 47.8 Å². The molecule has 2 N–H and O–H groups in total. The summed E-state index contributed by atoms with van der Waals surface area (Å²) >= 11 is 1.84. The number of hydrogen-bond acceptors (Lipinski definition) is 3. The number of thioether (sulfide) groups is 1. The van der Waals surface area contributed by atoms with E-state index in [0.717, 1.165) is 23.5 Å². The molecule has 0 atom stereocenters. The summed E-state index contributed by atoms with van der Waals surface area (Å²) in [6.45, 7) is 3.18. The van der Waals surface area contributed by atoms with E-state index >= 15 is 0 Å². The molecule has 23 heavy (non-hydrogen) atoms. The summed E-state index contributed by atoms with van der Waals surface area (Å²) in [5.41, 5.74) is 2.97. The molecule has 2 aromatic rings. The van der Waals surface area contributed by atoms with Crippen molar-refractivity contribution in [2.45, 2.75) is 31.1 Å². The molecule has 0 aliphatic heterocycles. The van der Waals surface area contributed by atoms with Crippen LogP contribution in [-0.2, 0) is 6.54 Å². The Balaban J connectivity index is 1.54. The molecule has 1 aromatic heterocycles. The number of amides is 2. The van der Waals surface area contributed by atoms with Crippen molar-refractivity contribution in [3.63, 3.8) is 0 Å². The lowest BCUT2D eigenvalue weighted by atomic mass is 10.2. The second-order valence-corrected chi connectivity index (χ2v) is 7.22. The monoisotopic (exact) mass is 330 g/mol. The highest BCUT2D eigenvalue weighted by atomic mass is 32.2. The lowest BCUT2D eigenvalue weighted by molar-refractivity contribution is 0.240. The third-order valence-electron chi connectivity index (χ3n) is 4.27. The van der Waals surface area contributed by atoms with Gasteiger partial charge in [0.05, 0.1) is 11.4 Å². The van der Waals surface area contributed by atoms with E-state index in [1.54, 1.807) is 0 Å². The number of aromatic nitrogens is 2. The quantitative estimate of drug-likeness (QED) is 0.856. The Morgan fingerprint density at radius 2 is 2.04 bits per heavy atom. The number of urea groups is 1. The molecule has 6 heteroatoms. The highest BCUT2D eigenvalue weighted by Crippen LogP contribution is 2.46. The molecule has 5 nitrogen and oxygen atoms in total. The Bertz CT molecular complexity index is 679. The minimum absolute atomic E-state index is 0.114. The molecule has 1 aromatic carbocycles. The first-order valence-electron chi connectivity index (χ1n) is 7.79. The van der Waals surface area contributed by atoms with Crippen LogP contribution in [0, 0.1) is 6.92 Å². The van der Waals surface area contributed by atoms with Crippen molar-refractivity contribution in [2.24, 2.45) is 0 Å². The first-order chi connectivity index (χ1) is 11.1. The van der Waals surface area contributed by atoms with E-state index in [0.29, 0.717) is 6.54 Å². The number of aryl methyl sites for hydroxylation is 1. The maximum Gasteiger partial charge on any atom is 0.315 e. The van der Waals surface area contributed by atoms with E-state index in [1.165, 1.54) is 12.8 Å². The standard InChI is InChI=1S/C17H22N4OS/c1-13-14(11-21(20-13)15-6-4-3-5-7-15)10-18-16(22)19-12-17(23-2)8-9-17/h3-7,11H,8-10,12H2,1-2H3,(H2,18,19,22). The fourth-order valence-electron chi connectivity index (χ4n) is 2.45. The first-order valence-corrected chi connectivity index (χ1v) is 9.02. The second-order valence-electron chi connectivity index (χ2n) is 5.94. The van der Waals surface area contributed by atoms with Crippen LogP contribution < -0.4 is 10.6 Å². The smallest absolute Gasteiger partial charge is 0.315 e. The zero-order chi connectivity index (χ0) is 16.3. The first kappa shape index (κ1) is 15.9. The predicted molar refractivity (Wildman–Crippen MR) is 94.0 cm³/mol. The summed E-state index contributed by atoms with van der Waals surface area (Å²) in [4.78, 5) is 11.9. The molecular formula is C17H22N4OS. The number of nitrogens with zero attached hydrogens (tertiary/aromatic N) is 2. The van der Waals surface area contributed by atoms with Crippen LogP contribution >= 0.6 is 11.8 Å².